The number of rotatable bonds is 5. The monoisotopic (exact) mass is 415 g/mol. The van der Waals surface area contributed by atoms with Gasteiger partial charge in [0.15, 0.2) is 11.5 Å². The van der Waals surface area contributed by atoms with Crippen molar-refractivity contribution in [2.24, 2.45) is 0 Å². The average Bonchev–Trinajstić information content (AvgIpc) is 3.26. The van der Waals surface area contributed by atoms with Crippen LogP contribution in [0.5, 0.6) is 0 Å². The average molecular weight is 415 g/mol. The quantitative estimate of drug-likeness (QED) is 0.464. The zero-order chi connectivity index (χ0) is 21.8. The lowest BCUT2D eigenvalue weighted by Crippen LogP contribution is -2.17. The number of para-hydroxylation sites is 1. The Morgan fingerprint density at radius 3 is 2.39 bits per heavy atom. The number of benzene rings is 3. The molecule has 0 saturated carbocycles. The van der Waals surface area contributed by atoms with Crippen LogP contribution in [0.3, 0.4) is 0 Å². The summed E-state index contributed by atoms with van der Waals surface area (Å²) in [5, 5.41) is 9.29. The summed E-state index contributed by atoms with van der Waals surface area (Å²) in [5.74, 6) is -1.15. The fourth-order valence-electron chi connectivity index (χ4n) is 3.09. The summed E-state index contributed by atoms with van der Waals surface area (Å²) in [6.45, 7) is 1.74. The number of aromatic nitrogens is 1. The summed E-state index contributed by atoms with van der Waals surface area (Å²) in [4.78, 5) is 25.3. The molecule has 4 rings (SSSR count). The van der Waals surface area contributed by atoms with Gasteiger partial charge in [-0.3, -0.25) is 9.59 Å². The first-order valence-electron chi connectivity index (χ1n) is 9.52. The summed E-state index contributed by atoms with van der Waals surface area (Å²) < 4.78 is 19.1. The van der Waals surface area contributed by atoms with E-state index in [4.69, 9.17) is 4.52 Å². The van der Waals surface area contributed by atoms with Crippen molar-refractivity contribution in [3.05, 3.63) is 102 Å². The number of amides is 2. The lowest BCUT2D eigenvalue weighted by Gasteiger charge is -2.12. The van der Waals surface area contributed by atoms with E-state index in [1.165, 1.54) is 18.2 Å². The molecule has 6 nitrogen and oxygen atoms in total. The first-order chi connectivity index (χ1) is 15.0. The maximum Gasteiger partial charge on any atom is 0.277 e. The summed E-state index contributed by atoms with van der Waals surface area (Å²) in [6.07, 6.45) is 0. The molecular weight excluding hydrogens is 397 g/mol. The van der Waals surface area contributed by atoms with Gasteiger partial charge in [0.1, 0.15) is 5.82 Å². The first kappa shape index (κ1) is 20.0. The SMILES string of the molecule is Cc1c(NC(=O)c2cc(-c3ccccc3F)on2)cccc1C(=O)Nc1ccccc1. The Morgan fingerprint density at radius 2 is 1.61 bits per heavy atom. The van der Waals surface area contributed by atoms with E-state index < -0.39 is 11.7 Å². The number of hydrogen-bond acceptors (Lipinski definition) is 4. The van der Waals surface area contributed by atoms with Crippen LogP contribution < -0.4 is 10.6 Å². The van der Waals surface area contributed by atoms with Crippen molar-refractivity contribution < 1.29 is 18.5 Å². The summed E-state index contributed by atoms with van der Waals surface area (Å²) >= 11 is 0. The van der Waals surface area contributed by atoms with E-state index >= 15 is 0 Å². The Labute approximate surface area is 177 Å². The third-order valence-electron chi connectivity index (χ3n) is 4.74. The molecule has 7 heteroatoms. The van der Waals surface area contributed by atoms with Crippen LogP contribution in [-0.2, 0) is 0 Å². The second-order valence-corrected chi connectivity index (χ2v) is 6.81. The zero-order valence-electron chi connectivity index (χ0n) is 16.6. The first-order valence-corrected chi connectivity index (χ1v) is 9.52. The molecule has 0 bridgehead atoms. The number of nitrogens with zero attached hydrogens (tertiary/aromatic N) is 1. The minimum absolute atomic E-state index is 0.00297. The van der Waals surface area contributed by atoms with Crippen molar-refractivity contribution in [3.63, 3.8) is 0 Å². The second-order valence-electron chi connectivity index (χ2n) is 6.81. The predicted octanol–water partition coefficient (Wildman–Crippen LogP) is 5.29. The molecule has 4 aromatic rings. The van der Waals surface area contributed by atoms with Gasteiger partial charge in [-0.25, -0.2) is 4.39 Å². The number of carbonyl (C=O) groups is 2. The van der Waals surface area contributed by atoms with Gasteiger partial charge < -0.3 is 15.2 Å². The van der Waals surface area contributed by atoms with Gasteiger partial charge in [-0.05, 0) is 48.9 Å². The highest BCUT2D eigenvalue weighted by molar-refractivity contribution is 6.08. The molecule has 0 aliphatic heterocycles. The van der Waals surface area contributed by atoms with Crippen LogP contribution >= 0.6 is 0 Å². The van der Waals surface area contributed by atoms with Gasteiger partial charge in [0.05, 0.1) is 5.56 Å². The maximum absolute atomic E-state index is 13.9. The smallest absolute Gasteiger partial charge is 0.277 e. The Hall–Kier alpha value is -4.26. The third kappa shape index (κ3) is 4.35. The van der Waals surface area contributed by atoms with E-state index in [0.29, 0.717) is 22.5 Å². The van der Waals surface area contributed by atoms with Crippen LogP contribution in [0.25, 0.3) is 11.3 Å². The summed E-state index contributed by atoms with van der Waals surface area (Å²) in [6, 6.07) is 21.6. The minimum Gasteiger partial charge on any atom is -0.355 e. The minimum atomic E-state index is -0.532. The fraction of sp³-hybridized carbons (Fsp3) is 0.0417. The van der Waals surface area contributed by atoms with Gasteiger partial charge in [-0.2, -0.15) is 0 Å². The lowest BCUT2D eigenvalue weighted by atomic mass is 10.1. The molecule has 154 valence electrons. The molecule has 0 fully saturated rings. The molecule has 0 unspecified atom stereocenters. The van der Waals surface area contributed by atoms with E-state index in [0.717, 1.165) is 0 Å². The Bertz CT molecular complexity index is 1250. The summed E-state index contributed by atoms with van der Waals surface area (Å²) in [7, 11) is 0. The number of hydrogen-bond donors (Lipinski definition) is 2. The van der Waals surface area contributed by atoms with Crippen molar-refractivity contribution >= 4 is 23.2 Å². The van der Waals surface area contributed by atoms with Crippen molar-refractivity contribution in [2.45, 2.75) is 6.92 Å². The molecule has 0 aliphatic rings. The van der Waals surface area contributed by atoms with Crippen LogP contribution in [0.15, 0.2) is 83.4 Å². The third-order valence-corrected chi connectivity index (χ3v) is 4.74. The molecule has 1 aromatic heterocycles. The normalized spacial score (nSPS) is 10.5. The molecular formula is C24H18FN3O3. The Kier molecular flexibility index (Phi) is 5.57. The van der Waals surface area contributed by atoms with E-state index in [2.05, 4.69) is 15.8 Å². The molecule has 2 N–H and O–H groups in total. The van der Waals surface area contributed by atoms with Gasteiger partial charge in [-0.15, -0.1) is 0 Å². The van der Waals surface area contributed by atoms with Gasteiger partial charge in [0.2, 0.25) is 0 Å². The van der Waals surface area contributed by atoms with Crippen LogP contribution in [0, 0.1) is 12.7 Å². The Morgan fingerprint density at radius 1 is 0.871 bits per heavy atom. The van der Waals surface area contributed by atoms with Crippen molar-refractivity contribution in [1.29, 1.82) is 0 Å². The lowest BCUT2D eigenvalue weighted by molar-refractivity contribution is 0.101. The molecule has 0 spiro atoms. The molecule has 0 radical (unpaired) electrons. The van der Waals surface area contributed by atoms with Crippen molar-refractivity contribution in [2.75, 3.05) is 10.6 Å². The molecule has 1 heterocycles. The maximum atomic E-state index is 13.9. The van der Waals surface area contributed by atoms with Crippen LogP contribution in [0.1, 0.15) is 26.4 Å². The molecule has 31 heavy (non-hydrogen) atoms. The van der Waals surface area contributed by atoms with Crippen LogP contribution in [0.2, 0.25) is 0 Å². The van der Waals surface area contributed by atoms with Gasteiger partial charge in [0.25, 0.3) is 11.8 Å². The molecule has 2 amide bonds. The van der Waals surface area contributed by atoms with Crippen molar-refractivity contribution in [1.82, 2.24) is 5.16 Å². The molecule has 0 aliphatic carbocycles. The van der Waals surface area contributed by atoms with E-state index in [1.807, 2.05) is 18.2 Å². The topological polar surface area (TPSA) is 84.2 Å². The molecule has 3 aromatic carbocycles. The highest BCUT2D eigenvalue weighted by Gasteiger charge is 2.18. The van der Waals surface area contributed by atoms with E-state index in [-0.39, 0.29) is 22.9 Å². The van der Waals surface area contributed by atoms with E-state index in [9.17, 15) is 14.0 Å². The fourth-order valence-corrected chi connectivity index (χ4v) is 3.09. The number of carbonyl (C=O) groups excluding carboxylic acids is 2. The standard InChI is InChI=1S/C24H18FN3O3/c1-15-17(23(29)26-16-8-3-2-4-9-16)11-7-13-20(15)27-24(30)21-14-22(31-28-21)18-10-5-6-12-19(18)25/h2-14H,1H3,(H,26,29)(H,27,30). The Balaban J connectivity index is 1.52. The van der Waals surface area contributed by atoms with Gasteiger partial charge in [0, 0.05) is 23.0 Å². The molecule has 0 saturated heterocycles. The zero-order valence-corrected chi connectivity index (χ0v) is 16.6. The van der Waals surface area contributed by atoms with Crippen LogP contribution in [0.4, 0.5) is 15.8 Å². The predicted molar refractivity (Wildman–Crippen MR) is 115 cm³/mol. The van der Waals surface area contributed by atoms with Gasteiger partial charge >= 0.3 is 0 Å². The molecule has 0 atom stereocenters. The summed E-state index contributed by atoms with van der Waals surface area (Å²) in [5.41, 5.74) is 2.36. The second kappa shape index (κ2) is 8.62. The highest BCUT2D eigenvalue weighted by Crippen LogP contribution is 2.25. The van der Waals surface area contributed by atoms with Crippen LogP contribution in [-0.4, -0.2) is 17.0 Å². The largest absolute Gasteiger partial charge is 0.355 e. The highest BCUT2D eigenvalue weighted by atomic mass is 19.1. The number of nitrogens with one attached hydrogen (secondary N) is 2. The van der Waals surface area contributed by atoms with Crippen molar-refractivity contribution in [3.8, 4) is 11.3 Å². The number of halogens is 1. The number of anilines is 2. The van der Waals surface area contributed by atoms with Gasteiger partial charge in [-0.1, -0.05) is 41.6 Å². The van der Waals surface area contributed by atoms with E-state index in [1.54, 1.807) is 49.4 Å².